The Morgan fingerprint density at radius 1 is 1.25 bits per heavy atom. The number of aromatic nitrogens is 3. The Labute approximate surface area is 169 Å². The number of amides is 1. The number of rotatable bonds is 8. The highest BCUT2D eigenvalue weighted by atomic mass is 32.1. The largest absolute Gasteiger partial charge is 0.477 e. The van der Waals surface area contributed by atoms with Crippen molar-refractivity contribution in [3.05, 3.63) is 23.6 Å². The van der Waals surface area contributed by atoms with Gasteiger partial charge in [-0.2, -0.15) is 0 Å². The van der Waals surface area contributed by atoms with E-state index in [4.69, 9.17) is 4.74 Å². The molecule has 1 saturated heterocycles. The highest BCUT2D eigenvalue weighted by molar-refractivity contribution is 7.16. The Bertz CT molecular complexity index is 801. The Morgan fingerprint density at radius 3 is 2.82 bits per heavy atom. The van der Waals surface area contributed by atoms with Crippen LogP contribution in [0, 0.1) is 0 Å². The van der Waals surface area contributed by atoms with Gasteiger partial charge < -0.3 is 10.1 Å². The fourth-order valence-corrected chi connectivity index (χ4v) is 4.16. The first-order valence-electron chi connectivity index (χ1n) is 9.88. The van der Waals surface area contributed by atoms with Crippen LogP contribution in [-0.4, -0.2) is 82.6 Å². The van der Waals surface area contributed by atoms with E-state index < -0.39 is 0 Å². The van der Waals surface area contributed by atoms with Gasteiger partial charge >= 0.3 is 0 Å². The predicted molar refractivity (Wildman–Crippen MR) is 108 cm³/mol. The normalized spacial score (nSPS) is 18.2. The van der Waals surface area contributed by atoms with Crippen LogP contribution in [-0.2, 0) is 0 Å². The molecular formula is C19H26N6O2S. The fraction of sp³-hybridized carbons (Fsp3) is 0.579. The maximum Gasteiger partial charge on any atom is 0.280 e. The lowest BCUT2D eigenvalue weighted by atomic mass is 10.3. The van der Waals surface area contributed by atoms with Gasteiger partial charge in [-0.25, -0.2) is 9.97 Å². The first-order chi connectivity index (χ1) is 13.7. The monoisotopic (exact) mass is 402 g/mol. The highest BCUT2D eigenvalue weighted by Gasteiger charge is 2.30. The zero-order valence-corrected chi connectivity index (χ0v) is 17.0. The summed E-state index contributed by atoms with van der Waals surface area (Å²) in [5.41, 5.74) is 0.663. The molecule has 2 aliphatic rings. The minimum atomic E-state index is -0.137. The minimum absolute atomic E-state index is 0.137. The van der Waals surface area contributed by atoms with Gasteiger partial charge in [-0.3, -0.25) is 19.6 Å². The summed E-state index contributed by atoms with van der Waals surface area (Å²) in [5.74, 6) is 0.336. The van der Waals surface area contributed by atoms with Gasteiger partial charge in [-0.05, 0) is 19.8 Å². The van der Waals surface area contributed by atoms with Gasteiger partial charge in [0.05, 0.1) is 23.9 Å². The van der Waals surface area contributed by atoms with Crippen LogP contribution in [0.15, 0.2) is 18.6 Å². The Hall–Kier alpha value is -2.10. The Kier molecular flexibility index (Phi) is 6.13. The van der Waals surface area contributed by atoms with Crippen molar-refractivity contribution in [1.29, 1.82) is 0 Å². The van der Waals surface area contributed by atoms with Crippen LogP contribution >= 0.6 is 11.3 Å². The summed E-state index contributed by atoms with van der Waals surface area (Å²) in [5, 5.41) is 3.42. The van der Waals surface area contributed by atoms with Gasteiger partial charge in [-0.1, -0.05) is 0 Å². The van der Waals surface area contributed by atoms with Crippen LogP contribution in [0.25, 0.3) is 10.6 Å². The molecule has 8 nitrogen and oxygen atoms in total. The zero-order valence-electron chi connectivity index (χ0n) is 16.1. The van der Waals surface area contributed by atoms with Crippen LogP contribution in [0.1, 0.15) is 29.6 Å². The van der Waals surface area contributed by atoms with Gasteiger partial charge in [-0.15, -0.1) is 11.3 Å². The maximum atomic E-state index is 12.4. The van der Waals surface area contributed by atoms with E-state index in [1.54, 1.807) is 18.6 Å². The number of ether oxygens (including phenoxy) is 1. The summed E-state index contributed by atoms with van der Waals surface area (Å²) in [4.78, 5) is 31.0. The van der Waals surface area contributed by atoms with Crippen molar-refractivity contribution in [3.63, 3.8) is 0 Å². The van der Waals surface area contributed by atoms with E-state index in [-0.39, 0.29) is 5.91 Å². The number of hydrogen-bond acceptors (Lipinski definition) is 8. The second-order valence-corrected chi connectivity index (χ2v) is 8.10. The lowest BCUT2D eigenvalue weighted by Gasteiger charge is -2.34. The molecule has 2 fully saturated rings. The molecule has 0 unspecified atom stereocenters. The zero-order chi connectivity index (χ0) is 19.3. The second kappa shape index (κ2) is 8.93. The third kappa shape index (κ3) is 4.84. The summed E-state index contributed by atoms with van der Waals surface area (Å²) in [6.45, 7) is 8.42. The SMILES string of the molecule is CCOc1cncc(-c2cnc(C(=O)NCCN3CCN(C4CC4)CC3)s2)n1. The van der Waals surface area contributed by atoms with Crippen LogP contribution in [0.2, 0.25) is 0 Å². The predicted octanol–water partition coefficient (Wildman–Crippen LogP) is 1.51. The molecule has 1 amide bonds. The van der Waals surface area contributed by atoms with Crippen LogP contribution in [0.3, 0.4) is 0 Å². The number of hydrogen-bond donors (Lipinski definition) is 1. The highest BCUT2D eigenvalue weighted by Crippen LogP contribution is 2.27. The standard InChI is InChI=1S/C19H26N6O2S/c1-2-27-17-13-20-11-15(23-17)16-12-22-19(28-16)18(26)21-5-6-24-7-9-25(10-8-24)14-3-4-14/h11-14H,2-10H2,1H3,(H,21,26). The van der Waals surface area contributed by atoms with Crippen LogP contribution < -0.4 is 10.1 Å². The summed E-state index contributed by atoms with van der Waals surface area (Å²) >= 11 is 1.32. The van der Waals surface area contributed by atoms with Gasteiger partial charge in [0.1, 0.15) is 5.69 Å². The molecule has 0 radical (unpaired) electrons. The quantitative estimate of drug-likeness (QED) is 0.716. The molecule has 0 bridgehead atoms. The fourth-order valence-electron chi connectivity index (χ4n) is 3.38. The van der Waals surface area contributed by atoms with Crippen LogP contribution in [0.5, 0.6) is 5.88 Å². The molecule has 28 heavy (non-hydrogen) atoms. The Morgan fingerprint density at radius 2 is 2.07 bits per heavy atom. The smallest absolute Gasteiger partial charge is 0.280 e. The van der Waals surface area contributed by atoms with E-state index in [9.17, 15) is 4.79 Å². The number of carbonyl (C=O) groups is 1. The topological polar surface area (TPSA) is 83.5 Å². The number of carbonyl (C=O) groups excluding carboxylic acids is 1. The molecule has 1 aliphatic heterocycles. The summed E-state index contributed by atoms with van der Waals surface area (Å²) in [6.07, 6.45) is 7.63. The van der Waals surface area contributed by atoms with Gasteiger partial charge in [0, 0.05) is 51.5 Å². The molecule has 1 N–H and O–H groups in total. The minimum Gasteiger partial charge on any atom is -0.477 e. The molecule has 1 aliphatic carbocycles. The number of piperazine rings is 1. The maximum absolute atomic E-state index is 12.4. The average Bonchev–Trinajstić information content (AvgIpc) is 3.45. The second-order valence-electron chi connectivity index (χ2n) is 7.07. The van der Waals surface area contributed by atoms with E-state index in [1.165, 1.54) is 24.2 Å². The lowest BCUT2D eigenvalue weighted by molar-refractivity contribution is 0.0934. The van der Waals surface area contributed by atoms with Crippen molar-refractivity contribution >= 4 is 17.2 Å². The summed E-state index contributed by atoms with van der Waals surface area (Å²) in [6, 6.07) is 0.847. The van der Waals surface area contributed by atoms with Crippen molar-refractivity contribution in [2.45, 2.75) is 25.8 Å². The number of nitrogens with zero attached hydrogens (tertiary/aromatic N) is 5. The molecule has 2 aromatic heterocycles. The molecule has 9 heteroatoms. The number of nitrogens with one attached hydrogen (secondary N) is 1. The molecule has 2 aromatic rings. The molecule has 1 saturated carbocycles. The molecule has 0 atom stereocenters. The van der Waals surface area contributed by atoms with Gasteiger partial charge in [0.2, 0.25) is 5.88 Å². The van der Waals surface area contributed by atoms with Crippen molar-refractivity contribution in [2.24, 2.45) is 0 Å². The molecule has 0 spiro atoms. The van der Waals surface area contributed by atoms with Gasteiger partial charge in [0.25, 0.3) is 5.91 Å². The molecule has 3 heterocycles. The third-order valence-corrected chi connectivity index (χ3v) is 6.06. The third-order valence-electron chi connectivity index (χ3n) is 5.04. The van der Waals surface area contributed by atoms with E-state index in [2.05, 4.69) is 30.1 Å². The molecule has 0 aromatic carbocycles. The van der Waals surface area contributed by atoms with Gasteiger partial charge in [0.15, 0.2) is 5.01 Å². The van der Waals surface area contributed by atoms with Crippen molar-refractivity contribution in [2.75, 3.05) is 45.9 Å². The van der Waals surface area contributed by atoms with Crippen LogP contribution in [0.4, 0.5) is 0 Å². The summed E-state index contributed by atoms with van der Waals surface area (Å²) < 4.78 is 5.38. The van der Waals surface area contributed by atoms with Crippen molar-refractivity contribution in [1.82, 2.24) is 30.1 Å². The first-order valence-corrected chi connectivity index (χ1v) is 10.7. The van der Waals surface area contributed by atoms with E-state index >= 15 is 0 Å². The van der Waals surface area contributed by atoms with Crippen molar-refractivity contribution in [3.8, 4) is 16.5 Å². The van der Waals surface area contributed by atoms with E-state index in [1.807, 2.05) is 6.92 Å². The molecule has 150 valence electrons. The average molecular weight is 403 g/mol. The Balaban J connectivity index is 1.25. The molecule has 4 rings (SSSR count). The summed E-state index contributed by atoms with van der Waals surface area (Å²) in [7, 11) is 0. The molecular weight excluding hydrogens is 376 g/mol. The van der Waals surface area contributed by atoms with Crippen molar-refractivity contribution < 1.29 is 9.53 Å². The lowest BCUT2D eigenvalue weighted by Crippen LogP contribution is -2.49. The first kappa shape index (κ1) is 19.2. The van der Waals surface area contributed by atoms with E-state index in [0.717, 1.165) is 43.6 Å². The number of thiazole rings is 1. The van der Waals surface area contributed by atoms with E-state index in [0.29, 0.717) is 29.7 Å².